The maximum atomic E-state index is 11.5. The van der Waals surface area contributed by atoms with Crippen LogP contribution in [0.5, 0.6) is 0 Å². The Morgan fingerprint density at radius 2 is 2.19 bits per heavy atom. The van der Waals surface area contributed by atoms with Crippen molar-refractivity contribution in [3.63, 3.8) is 0 Å². The quantitative estimate of drug-likeness (QED) is 0.636. The summed E-state index contributed by atoms with van der Waals surface area (Å²) in [7, 11) is 0. The monoisotopic (exact) mass is 298 g/mol. The van der Waals surface area contributed by atoms with Crippen molar-refractivity contribution < 1.29 is 14.6 Å². The van der Waals surface area contributed by atoms with E-state index in [9.17, 15) is 9.90 Å². The molecule has 1 heterocycles. The molecule has 1 saturated heterocycles. The molecule has 2 fully saturated rings. The molecule has 0 aromatic heterocycles. The first kappa shape index (κ1) is 16.7. The van der Waals surface area contributed by atoms with E-state index in [-0.39, 0.29) is 0 Å². The summed E-state index contributed by atoms with van der Waals surface area (Å²) in [5.41, 5.74) is -0.754. The second kappa shape index (κ2) is 7.56. The van der Waals surface area contributed by atoms with Crippen molar-refractivity contribution in [2.75, 3.05) is 26.3 Å². The number of rotatable bonds is 9. The molecule has 122 valence electrons. The fraction of sp³-hybridized carbons (Fsp3) is 0.938. The Morgan fingerprint density at radius 3 is 2.81 bits per heavy atom. The zero-order chi connectivity index (χ0) is 15.3. The molecule has 2 unspecified atom stereocenters. The predicted molar refractivity (Wildman–Crippen MR) is 82.5 cm³/mol. The summed E-state index contributed by atoms with van der Waals surface area (Å²) in [5, 5.41) is 12.7. The van der Waals surface area contributed by atoms with Crippen LogP contribution in [0, 0.1) is 0 Å². The summed E-state index contributed by atoms with van der Waals surface area (Å²) in [5.74, 6) is -0.716. The van der Waals surface area contributed by atoms with Crippen LogP contribution in [0.4, 0.5) is 0 Å². The molecule has 0 bridgehead atoms. The van der Waals surface area contributed by atoms with Crippen LogP contribution in [-0.2, 0) is 9.53 Å². The Kier molecular flexibility index (Phi) is 6.02. The molecule has 2 aliphatic rings. The molecule has 2 N–H and O–H groups in total. The summed E-state index contributed by atoms with van der Waals surface area (Å²) in [4.78, 5) is 14.0. The Hall–Kier alpha value is -0.650. The van der Waals surface area contributed by atoms with Gasteiger partial charge >= 0.3 is 5.97 Å². The standard InChI is InChI=1S/C16H30N2O3/c1-3-14-12-21-11-10-18(14)9-5-4-8-16(2,15(19)20)17-13-6-7-13/h13-14,17H,3-12H2,1-2H3,(H,19,20). The largest absolute Gasteiger partial charge is 0.480 e. The minimum Gasteiger partial charge on any atom is -0.480 e. The number of morpholine rings is 1. The zero-order valence-corrected chi connectivity index (χ0v) is 13.4. The van der Waals surface area contributed by atoms with Crippen LogP contribution in [0.15, 0.2) is 0 Å². The van der Waals surface area contributed by atoms with E-state index >= 15 is 0 Å². The first-order valence-corrected chi connectivity index (χ1v) is 8.38. The van der Waals surface area contributed by atoms with Crippen molar-refractivity contribution in [3.8, 4) is 0 Å². The van der Waals surface area contributed by atoms with Crippen LogP contribution in [0.1, 0.15) is 52.4 Å². The van der Waals surface area contributed by atoms with Crippen LogP contribution >= 0.6 is 0 Å². The van der Waals surface area contributed by atoms with Gasteiger partial charge in [0, 0.05) is 18.6 Å². The van der Waals surface area contributed by atoms with E-state index in [1.165, 1.54) is 0 Å². The van der Waals surface area contributed by atoms with E-state index < -0.39 is 11.5 Å². The van der Waals surface area contributed by atoms with Crippen molar-refractivity contribution in [2.45, 2.75) is 70.0 Å². The van der Waals surface area contributed by atoms with Crippen LogP contribution in [0.2, 0.25) is 0 Å². The third kappa shape index (κ3) is 4.94. The molecule has 21 heavy (non-hydrogen) atoms. The third-order valence-corrected chi connectivity index (χ3v) is 4.76. The summed E-state index contributed by atoms with van der Waals surface area (Å²) in [6.45, 7) is 7.76. The van der Waals surface area contributed by atoms with Gasteiger partial charge in [0.15, 0.2) is 0 Å². The molecule has 0 spiro atoms. The van der Waals surface area contributed by atoms with Gasteiger partial charge in [-0.2, -0.15) is 0 Å². The highest BCUT2D eigenvalue weighted by Gasteiger charge is 2.37. The zero-order valence-electron chi connectivity index (χ0n) is 13.4. The molecule has 2 atom stereocenters. The van der Waals surface area contributed by atoms with Gasteiger partial charge in [-0.15, -0.1) is 0 Å². The van der Waals surface area contributed by atoms with E-state index in [4.69, 9.17) is 4.74 Å². The topological polar surface area (TPSA) is 61.8 Å². The lowest BCUT2D eigenvalue weighted by Gasteiger charge is -2.35. The number of hydrogen-bond acceptors (Lipinski definition) is 4. The van der Waals surface area contributed by atoms with E-state index in [0.717, 1.165) is 58.4 Å². The third-order valence-electron chi connectivity index (χ3n) is 4.76. The van der Waals surface area contributed by atoms with Gasteiger partial charge in [-0.1, -0.05) is 6.92 Å². The number of nitrogens with one attached hydrogen (secondary N) is 1. The van der Waals surface area contributed by atoms with Gasteiger partial charge in [0.2, 0.25) is 0 Å². The fourth-order valence-corrected chi connectivity index (χ4v) is 3.07. The number of carbonyl (C=O) groups is 1. The number of aliphatic carboxylic acids is 1. The van der Waals surface area contributed by atoms with Crippen LogP contribution in [0.25, 0.3) is 0 Å². The predicted octanol–water partition coefficient (Wildman–Crippen LogP) is 1.86. The van der Waals surface area contributed by atoms with Gasteiger partial charge in [-0.05, 0) is 52.0 Å². The van der Waals surface area contributed by atoms with Crippen molar-refractivity contribution in [2.24, 2.45) is 0 Å². The summed E-state index contributed by atoms with van der Waals surface area (Å²) in [6, 6.07) is 0.962. The van der Waals surface area contributed by atoms with Gasteiger partial charge in [0.1, 0.15) is 5.54 Å². The maximum absolute atomic E-state index is 11.5. The van der Waals surface area contributed by atoms with Crippen LogP contribution in [-0.4, -0.2) is 59.9 Å². The average molecular weight is 298 g/mol. The Morgan fingerprint density at radius 1 is 1.43 bits per heavy atom. The Labute approximate surface area is 128 Å². The van der Waals surface area contributed by atoms with Crippen molar-refractivity contribution in [3.05, 3.63) is 0 Å². The SMILES string of the molecule is CCC1COCCN1CCCCC(C)(NC1CC1)C(=O)O. The van der Waals surface area contributed by atoms with E-state index in [2.05, 4.69) is 17.1 Å². The van der Waals surface area contributed by atoms with Crippen LogP contribution < -0.4 is 5.32 Å². The summed E-state index contributed by atoms with van der Waals surface area (Å²) >= 11 is 0. The number of hydrogen-bond donors (Lipinski definition) is 2. The van der Waals surface area contributed by atoms with E-state index in [1.807, 2.05) is 6.92 Å². The first-order valence-electron chi connectivity index (χ1n) is 8.38. The van der Waals surface area contributed by atoms with E-state index in [0.29, 0.717) is 18.5 Å². The highest BCUT2D eigenvalue weighted by atomic mass is 16.5. The summed E-state index contributed by atoms with van der Waals surface area (Å²) in [6.07, 6.45) is 6.09. The maximum Gasteiger partial charge on any atom is 0.323 e. The number of unbranched alkanes of at least 4 members (excludes halogenated alkanes) is 1. The van der Waals surface area contributed by atoms with Gasteiger partial charge in [0.05, 0.1) is 13.2 Å². The first-order chi connectivity index (χ1) is 10.0. The molecule has 0 amide bonds. The van der Waals surface area contributed by atoms with Crippen LogP contribution in [0.3, 0.4) is 0 Å². The van der Waals surface area contributed by atoms with Crippen molar-refractivity contribution in [1.29, 1.82) is 0 Å². The smallest absolute Gasteiger partial charge is 0.323 e. The second-order valence-corrected chi connectivity index (χ2v) is 6.69. The lowest BCUT2D eigenvalue weighted by molar-refractivity contribution is -0.144. The molecule has 0 aromatic rings. The average Bonchev–Trinajstić information content (AvgIpc) is 3.27. The minimum absolute atomic E-state index is 0.426. The molecule has 0 radical (unpaired) electrons. The summed E-state index contributed by atoms with van der Waals surface area (Å²) < 4.78 is 5.52. The Balaban J connectivity index is 1.70. The minimum atomic E-state index is -0.754. The molecular formula is C16H30N2O3. The fourth-order valence-electron chi connectivity index (χ4n) is 3.07. The highest BCUT2D eigenvalue weighted by Crippen LogP contribution is 2.25. The van der Waals surface area contributed by atoms with Gasteiger partial charge in [0.25, 0.3) is 0 Å². The highest BCUT2D eigenvalue weighted by molar-refractivity contribution is 5.78. The van der Waals surface area contributed by atoms with E-state index in [1.54, 1.807) is 0 Å². The number of carboxylic acids is 1. The lowest BCUT2D eigenvalue weighted by Crippen LogP contribution is -2.50. The number of carboxylic acid groups (broad SMARTS) is 1. The number of ether oxygens (including phenoxy) is 1. The molecule has 1 aliphatic carbocycles. The van der Waals surface area contributed by atoms with Gasteiger partial charge < -0.3 is 9.84 Å². The normalized spacial score (nSPS) is 26.5. The molecule has 5 heteroatoms. The van der Waals surface area contributed by atoms with Crippen molar-refractivity contribution >= 4 is 5.97 Å². The van der Waals surface area contributed by atoms with Crippen molar-refractivity contribution in [1.82, 2.24) is 10.2 Å². The Bertz CT molecular complexity index is 346. The molecule has 2 rings (SSSR count). The molecule has 1 saturated carbocycles. The molecule has 0 aromatic carbocycles. The number of nitrogens with zero attached hydrogens (tertiary/aromatic N) is 1. The molecule has 1 aliphatic heterocycles. The molecular weight excluding hydrogens is 268 g/mol. The van der Waals surface area contributed by atoms with Gasteiger partial charge in [-0.25, -0.2) is 0 Å². The van der Waals surface area contributed by atoms with Gasteiger partial charge in [-0.3, -0.25) is 15.0 Å². The lowest BCUT2D eigenvalue weighted by atomic mass is 9.94. The second-order valence-electron chi connectivity index (χ2n) is 6.69. The molecule has 5 nitrogen and oxygen atoms in total.